The first kappa shape index (κ1) is 17.4. The van der Waals surface area contributed by atoms with Crippen molar-refractivity contribution in [2.45, 2.75) is 46.3 Å². The third-order valence-electron chi connectivity index (χ3n) is 2.93. The van der Waals surface area contributed by atoms with Crippen LogP contribution in [0.3, 0.4) is 0 Å². The number of hydrogen-bond donors (Lipinski definition) is 0. The Kier molecular flexibility index (Phi) is 6.90. The molecule has 2 nitrogen and oxygen atoms in total. The van der Waals surface area contributed by atoms with E-state index < -0.39 is 0 Å². The molecule has 0 spiro atoms. The highest BCUT2D eigenvalue weighted by Crippen LogP contribution is 2.33. The predicted molar refractivity (Wildman–Crippen MR) is 88.6 cm³/mol. The van der Waals surface area contributed by atoms with Gasteiger partial charge in [0.2, 0.25) is 0 Å². The van der Waals surface area contributed by atoms with E-state index in [4.69, 9.17) is 16.3 Å². The Bertz CT molecular complexity index is 484. The number of Topliss-reactive ketones (excluding diaryl/α,β-unsaturated/α-hetero) is 1. The molecule has 0 aliphatic carbocycles. The van der Waals surface area contributed by atoms with Gasteiger partial charge in [0.05, 0.1) is 17.9 Å². The third-order valence-corrected chi connectivity index (χ3v) is 4.61. The minimum absolute atomic E-state index is 0.0919. The van der Waals surface area contributed by atoms with E-state index in [1.807, 2.05) is 26.8 Å². The van der Waals surface area contributed by atoms with Gasteiger partial charge in [0.25, 0.3) is 0 Å². The first-order valence-electron chi connectivity index (χ1n) is 6.95. The monoisotopic (exact) mass is 314 g/mol. The average molecular weight is 315 g/mol. The molecule has 0 fully saturated rings. The van der Waals surface area contributed by atoms with E-state index in [0.717, 1.165) is 17.5 Å². The van der Waals surface area contributed by atoms with Gasteiger partial charge in [0, 0.05) is 5.02 Å². The van der Waals surface area contributed by atoms with E-state index in [-0.39, 0.29) is 5.78 Å². The lowest BCUT2D eigenvalue weighted by atomic mass is 10.0. The summed E-state index contributed by atoms with van der Waals surface area (Å²) in [6.45, 7) is 10.7. The normalized spacial score (nSPS) is 10.9. The fraction of sp³-hybridized carbons (Fsp3) is 0.562. The van der Waals surface area contributed by atoms with Crippen LogP contribution in [-0.2, 0) is 0 Å². The Balaban J connectivity index is 3.13. The number of rotatable bonds is 7. The van der Waals surface area contributed by atoms with Gasteiger partial charge in [-0.3, -0.25) is 4.79 Å². The van der Waals surface area contributed by atoms with Gasteiger partial charge in [-0.2, -0.15) is 11.8 Å². The smallest absolute Gasteiger partial charge is 0.176 e. The molecule has 1 aromatic rings. The summed E-state index contributed by atoms with van der Waals surface area (Å²) >= 11 is 7.92. The van der Waals surface area contributed by atoms with E-state index in [0.29, 0.717) is 33.9 Å². The van der Waals surface area contributed by atoms with Crippen molar-refractivity contribution in [2.24, 2.45) is 0 Å². The highest BCUT2D eigenvalue weighted by molar-refractivity contribution is 8.00. The quantitative estimate of drug-likeness (QED) is 0.657. The van der Waals surface area contributed by atoms with Crippen molar-refractivity contribution >= 4 is 29.1 Å². The molecular weight excluding hydrogens is 292 g/mol. The zero-order valence-electron chi connectivity index (χ0n) is 12.9. The van der Waals surface area contributed by atoms with Gasteiger partial charge in [-0.15, -0.1) is 0 Å². The molecule has 0 radical (unpaired) electrons. The van der Waals surface area contributed by atoms with Crippen LogP contribution in [0.4, 0.5) is 0 Å². The van der Waals surface area contributed by atoms with Crippen LogP contribution in [0.5, 0.6) is 5.75 Å². The minimum Gasteiger partial charge on any atom is -0.493 e. The third kappa shape index (κ3) is 4.42. The molecule has 0 aromatic heterocycles. The molecule has 0 unspecified atom stereocenters. The number of ether oxygens (including phenoxy) is 1. The number of halogens is 1. The van der Waals surface area contributed by atoms with Gasteiger partial charge in [-0.05, 0) is 42.7 Å². The highest BCUT2D eigenvalue weighted by Gasteiger charge is 2.19. The lowest BCUT2D eigenvalue weighted by Gasteiger charge is -2.16. The van der Waals surface area contributed by atoms with Crippen LogP contribution >= 0.6 is 23.4 Å². The van der Waals surface area contributed by atoms with Crippen molar-refractivity contribution < 1.29 is 9.53 Å². The number of benzene rings is 1. The van der Waals surface area contributed by atoms with E-state index >= 15 is 0 Å². The van der Waals surface area contributed by atoms with Crippen LogP contribution in [0.2, 0.25) is 5.02 Å². The molecule has 1 aromatic carbocycles. The number of thioether (sulfide) groups is 1. The van der Waals surface area contributed by atoms with Crippen LogP contribution < -0.4 is 4.74 Å². The van der Waals surface area contributed by atoms with Crippen molar-refractivity contribution in [3.05, 3.63) is 27.8 Å². The zero-order chi connectivity index (χ0) is 15.3. The molecule has 112 valence electrons. The molecule has 0 aliphatic heterocycles. The summed E-state index contributed by atoms with van der Waals surface area (Å²) < 4.78 is 5.74. The van der Waals surface area contributed by atoms with Gasteiger partial charge in [-0.1, -0.05) is 32.4 Å². The second-order valence-corrected chi connectivity index (χ2v) is 7.08. The fourth-order valence-corrected chi connectivity index (χ4v) is 2.69. The summed E-state index contributed by atoms with van der Waals surface area (Å²) in [6.07, 6.45) is 0.912. The first-order chi connectivity index (χ1) is 9.38. The summed E-state index contributed by atoms with van der Waals surface area (Å²) in [7, 11) is 0. The number of hydrogen-bond acceptors (Lipinski definition) is 3. The van der Waals surface area contributed by atoms with Crippen LogP contribution in [0, 0.1) is 13.8 Å². The zero-order valence-corrected chi connectivity index (χ0v) is 14.5. The van der Waals surface area contributed by atoms with Crippen molar-refractivity contribution in [2.75, 3.05) is 12.4 Å². The Morgan fingerprint density at radius 3 is 2.60 bits per heavy atom. The highest BCUT2D eigenvalue weighted by atomic mass is 35.5. The molecule has 20 heavy (non-hydrogen) atoms. The number of aryl methyl sites for hydroxylation is 1. The summed E-state index contributed by atoms with van der Waals surface area (Å²) in [5, 5.41) is 1.09. The molecule has 0 amide bonds. The molecule has 0 N–H and O–H groups in total. The van der Waals surface area contributed by atoms with Gasteiger partial charge in [-0.25, -0.2) is 0 Å². The average Bonchev–Trinajstić information content (AvgIpc) is 2.39. The van der Waals surface area contributed by atoms with Crippen molar-refractivity contribution in [3.8, 4) is 5.75 Å². The van der Waals surface area contributed by atoms with Crippen LogP contribution in [0.1, 0.15) is 48.7 Å². The summed E-state index contributed by atoms with van der Waals surface area (Å²) in [5.74, 6) is 1.22. The molecule has 0 aliphatic rings. The van der Waals surface area contributed by atoms with Crippen LogP contribution in [0.15, 0.2) is 6.07 Å². The molecule has 0 heterocycles. The SMILES string of the molecule is CCCOc1cc(C)c(Cl)c(C)c1C(=O)CSC(C)C. The van der Waals surface area contributed by atoms with E-state index in [1.54, 1.807) is 11.8 Å². The number of ketones is 1. The summed E-state index contributed by atoms with van der Waals surface area (Å²) in [4.78, 5) is 12.5. The maximum Gasteiger partial charge on any atom is 0.176 e. The Morgan fingerprint density at radius 1 is 1.40 bits per heavy atom. The largest absolute Gasteiger partial charge is 0.493 e. The van der Waals surface area contributed by atoms with Crippen LogP contribution in [-0.4, -0.2) is 23.4 Å². The Hall–Kier alpha value is -0.670. The molecule has 0 atom stereocenters. The van der Waals surface area contributed by atoms with Gasteiger partial charge >= 0.3 is 0 Å². The summed E-state index contributed by atoms with van der Waals surface area (Å²) in [5.41, 5.74) is 2.41. The standard InChI is InChI=1S/C16H23ClO2S/c1-6-7-19-14-8-11(4)16(17)12(5)15(14)13(18)9-20-10(2)3/h8,10H,6-7,9H2,1-5H3. The summed E-state index contributed by atoms with van der Waals surface area (Å²) in [6, 6.07) is 1.87. The Labute approximate surface area is 131 Å². The van der Waals surface area contributed by atoms with Gasteiger partial charge in [0.15, 0.2) is 5.78 Å². The molecule has 0 saturated carbocycles. The molecule has 1 rings (SSSR count). The number of carbonyl (C=O) groups excluding carboxylic acids is 1. The van der Waals surface area contributed by atoms with Gasteiger partial charge in [0.1, 0.15) is 5.75 Å². The van der Waals surface area contributed by atoms with E-state index in [9.17, 15) is 4.79 Å². The van der Waals surface area contributed by atoms with Gasteiger partial charge < -0.3 is 4.74 Å². The topological polar surface area (TPSA) is 26.3 Å². The van der Waals surface area contributed by atoms with Crippen molar-refractivity contribution in [1.82, 2.24) is 0 Å². The maximum absolute atomic E-state index is 12.5. The minimum atomic E-state index is 0.0919. The maximum atomic E-state index is 12.5. The lowest BCUT2D eigenvalue weighted by Crippen LogP contribution is -2.11. The molecular formula is C16H23ClO2S. The van der Waals surface area contributed by atoms with Crippen molar-refractivity contribution in [3.63, 3.8) is 0 Å². The van der Waals surface area contributed by atoms with Crippen molar-refractivity contribution in [1.29, 1.82) is 0 Å². The molecule has 0 bridgehead atoms. The fourth-order valence-electron chi connectivity index (χ4n) is 1.91. The van der Waals surface area contributed by atoms with Crippen LogP contribution in [0.25, 0.3) is 0 Å². The lowest BCUT2D eigenvalue weighted by molar-refractivity contribution is 0.101. The van der Waals surface area contributed by atoms with E-state index in [2.05, 4.69) is 13.8 Å². The molecule has 4 heteroatoms. The first-order valence-corrected chi connectivity index (χ1v) is 8.38. The van der Waals surface area contributed by atoms with E-state index in [1.165, 1.54) is 0 Å². The predicted octanol–water partition coefficient (Wildman–Crippen LogP) is 5.07. The number of carbonyl (C=O) groups is 1. The molecule has 0 saturated heterocycles. The second kappa shape index (κ2) is 7.94. The second-order valence-electron chi connectivity index (χ2n) is 5.14. The Morgan fingerprint density at radius 2 is 2.05 bits per heavy atom.